The van der Waals surface area contributed by atoms with Crippen LogP contribution in [-0.2, 0) is 0 Å². The van der Waals surface area contributed by atoms with E-state index >= 15 is 0 Å². The quantitative estimate of drug-likeness (QED) is 0.249. The van der Waals surface area contributed by atoms with E-state index in [9.17, 15) is 0 Å². The molecule has 1 fully saturated rings. The molecule has 0 radical (unpaired) electrons. The maximum absolute atomic E-state index is 2.49. The van der Waals surface area contributed by atoms with Gasteiger partial charge < -0.3 is 0 Å². The summed E-state index contributed by atoms with van der Waals surface area (Å²) in [4.78, 5) is 0. The minimum Gasteiger partial charge on any atom is -0.0654 e. The molecule has 1 saturated carbocycles. The predicted molar refractivity (Wildman–Crippen MR) is 124 cm³/mol. The molecule has 1 aliphatic carbocycles. The lowest BCUT2D eigenvalue weighted by Crippen LogP contribution is -2.49. The summed E-state index contributed by atoms with van der Waals surface area (Å²) < 4.78 is 0. The van der Waals surface area contributed by atoms with Crippen LogP contribution in [0.2, 0.25) is 0 Å². The summed E-state index contributed by atoms with van der Waals surface area (Å²) in [5.41, 5.74) is 0.666. The Balaban J connectivity index is 3.28. The first-order chi connectivity index (χ1) is 13.1. The molecule has 0 nitrogen and oxygen atoms in total. The first-order valence-electron chi connectivity index (χ1n) is 13.1. The van der Waals surface area contributed by atoms with Crippen molar-refractivity contribution in [2.45, 2.75) is 144 Å². The molecule has 0 aromatic heterocycles. The van der Waals surface area contributed by atoms with Gasteiger partial charge >= 0.3 is 0 Å². The maximum Gasteiger partial charge on any atom is -0.0238 e. The van der Waals surface area contributed by atoms with Crippen LogP contribution in [0.25, 0.3) is 0 Å². The summed E-state index contributed by atoms with van der Waals surface area (Å²) in [7, 11) is 0. The molecule has 27 heavy (non-hydrogen) atoms. The minimum atomic E-state index is 0.666. The summed E-state index contributed by atoms with van der Waals surface area (Å²) >= 11 is 0. The second-order valence-corrected chi connectivity index (χ2v) is 9.88. The fourth-order valence-corrected chi connectivity index (χ4v) is 6.93. The standard InChI is InChI=1S/C27H54/c1-7-13-16-21-27(20-11-5)24(18-14-8-2)22-23(12-6)25(17-10-4)26(27)19-15-9-3/h23-26H,7-22H2,1-6H3. The molecule has 1 rings (SSSR count). The molecule has 0 heteroatoms. The van der Waals surface area contributed by atoms with E-state index in [0.29, 0.717) is 5.41 Å². The normalized spacial score (nSPS) is 31.3. The molecule has 0 aromatic rings. The van der Waals surface area contributed by atoms with Gasteiger partial charge in [0, 0.05) is 0 Å². The van der Waals surface area contributed by atoms with Crippen LogP contribution < -0.4 is 0 Å². The molecule has 0 amide bonds. The lowest BCUT2D eigenvalue weighted by Gasteiger charge is -2.57. The summed E-state index contributed by atoms with van der Waals surface area (Å²) in [5.74, 6) is 4.03. The van der Waals surface area contributed by atoms with Crippen molar-refractivity contribution in [3.63, 3.8) is 0 Å². The first kappa shape index (κ1) is 25.0. The Morgan fingerprint density at radius 2 is 1.30 bits per heavy atom. The van der Waals surface area contributed by atoms with Crippen LogP contribution in [0.1, 0.15) is 144 Å². The molecule has 5 unspecified atom stereocenters. The average molecular weight is 379 g/mol. The third-order valence-corrected chi connectivity index (χ3v) is 8.14. The Morgan fingerprint density at radius 3 is 1.85 bits per heavy atom. The van der Waals surface area contributed by atoms with E-state index in [1.54, 1.807) is 6.42 Å². The summed E-state index contributed by atoms with van der Waals surface area (Å²) in [6.45, 7) is 14.6. The van der Waals surface area contributed by atoms with Crippen LogP contribution in [0.15, 0.2) is 0 Å². The van der Waals surface area contributed by atoms with Crippen LogP contribution in [0.4, 0.5) is 0 Å². The minimum absolute atomic E-state index is 0.666. The number of rotatable bonds is 15. The van der Waals surface area contributed by atoms with Crippen LogP contribution in [0, 0.1) is 29.1 Å². The zero-order chi connectivity index (χ0) is 20.1. The molecule has 1 aliphatic rings. The van der Waals surface area contributed by atoms with E-state index < -0.39 is 0 Å². The fourth-order valence-electron chi connectivity index (χ4n) is 6.93. The second kappa shape index (κ2) is 14.1. The van der Waals surface area contributed by atoms with Gasteiger partial charge in [0.25, 0.3) is 0 Å². The van der Waals surface area contributed by atoms with Gasteiger partial charge in [-0.05, 0) is 61.2 Å². The van der Waals surface area contributed by atoms with Gasteiger partial charge in [-0.15, -0.1) is 0 Å². The lowest BCUT2D eigenvalue weighted by atomic mass is 9.48. The van der Waals surface area contributed by atoms with Crippen molar-refractivity contribution in [2.75, 3.05) is 0 Å². The van der Waals surface area contributed by atoms with Gasteiger partial charge in [0.1, 0.15) is 0 Å². The largest absolute Gasteiger partial charge is 0.0654 e. The Bertz CT molecular complexity index is 346. The maximum atomic E-state index is 2.49. The van der Waals surface area contributed by atoms with Crippen molar-refractivity contribution < 1.29 is 0 Å². The average Bonchev–Trinajstić information content (AvgIpc) is 2.67. The molecule has 0 N–H and O–H groups in total. The second-order valence-electron chi connectivity index (χ2n) is 9.88. The Hall–Kier alpha value is 0. The third kappa shape index (κ3) is 6.78. The summed E-state index contributed by atoms with van der Waals surface area (Å²) in [5, 5.41) is 0. The van der Waals surface area contributed by atoms with E-state index in [1.165, 1.54) is 96.3 Å². The van der Waals surface area contributed by atoms with E-state index in [0.717, 1.165) is 23.7 Å². The zero-order valence-electron chi connectivity index (χ0n) is 20.1. The van der Waals surface area contributed by atoms with Gasteiger partial charge in [-0.2, -0.15) is 0 Å². The molecular formula is C27H54. The van der Waals surface area contributed by atoms with Gasteiger partial charge in [0.2, 0.25) is 0 Å². The highest BCUT2D eigenvalue weighted by molar-refractivity contribution is 5.01. The molecule has 0 heterocycles. The van der Waals surface area contributed by atoms with Crippen LogP contribution >= 0.6 is 0 Å². The van der Waals surface area contributed by atoms with Gasteiger partial charge in [-0.3, -0.25) is 0 Å². The van der Waals surface area contributed by atoms with Crippen LogP contribution in [0.3, 0.4) is 0 Å². The molecule has 0 bridgehead atoms. The highest BCUT2D eigenvalue weighted by Crippen LogP contribution is 2.60. The lowest BCUT2D eigenvalue weighted by molar-refractivity contribution is -0.0795. The zero-order valence-corrected chi connectivity index (χ0v) is 20.1. The van der Waals surface area contributed by atoms with Gasteiger partial charge in [0.15, 0.2) is 0 Å². The number of hydrogen-bond acceptors (Lipinski definition) is 0. The molecule has 162 valence electrons. The molecule has 0 aromatic carbocycles. The number of unbranched alkanes of at least 4 members (excludes halogenated alkanes) is 4. The highest BCUT2D eigenvalue weighted by Gasteiger charge is 2.51. The third-order valence-electron chi connectivity index (χ3n) is 8.14. The van der Waals surface area contributed by atoms with Crippen LogP contribution in [0.5, 0.6) is 0 Å². The van der Waals surface area contributed by atoms with Crippen molar-refractivity contribution in [1.29, 1.82) is 0 Å². The van der Waals surface area contributed by atoms with E-state index in [1.807, 2.05) is 0 Å². The summed E-state index contributed by atoms with van der Waals surface area (Å²) in [6.07, 6.45) is 23.3. The molecule has 5 atom stereocenters. The van der Waals surface area contributed by atoms with E-state index in [2.05, 4.69) is 41.5 Å². The van der Waals surface area contributed by atoms with E-state index in [-0.39, 0.29) is 0 Å². The van der Waals surface area contributed by atoms with Gasteiger partial charge in [-0.25, -0.2) is 0 Å². The molecule has 0 saturated heterocycles. The fraction of sp³-hybridized carbons (Fsp3) is 1.00. The highest BCUT2D eigenvalue weighted by atomic mass is 14.6. The van der Waals surface area contributed by atoms with Crippen molar-refractivity contribution in [3.8, 4) is 0 Å². The Kier molecular flexibility index (Phi) is 13.0. The van der Waals surface area contributed by atoms with Gasteiger partial charge in [-0.1, -0.05) is 112 Å². The smallest absolute Gasteiger partial charge is 0.0238 e. The van der Waals surface area contributed by atoms with E-state index in [4.69, 9.17) is 0 Å². The molecule has 0 spiro atoms. The summed E-state index contributed by atoms with van der Waals surface area (Å²) in [6, 6.07) is 0. The number of hydrogen-bond donors (Lipinski definition) is 0. The van der Waals surface area contributed by atoms with Gasteiger partial charge in [0.05, 0.1) is 0 Å². The van der Waals surface area contributed by atoms with Crippen molar-refractivity contribution in [1.82, 2.24) is 0 Å². The molecule has 0 aliphatic heterocycles. The van der Waals surface area contributed by atoms with Crippen molar-refractivity contribution in [3.05, 3.63) is 0 Å². The SMILES string of the molecule is CCCCCC1(CCC)C(CCCC)CC(CC)C(CCC)C1CCCC. The topological polar surface area (TPSA) is 0 Å². The monoisotopic (exact) mass is 378 g/mol. The first-order valence-corrected chi connectivity index (χ1v) is 13.1. The molecular weight excluding hydrogens is 324 g/mol. The Morgan fingerprint density at radius 1 is 0.630 bits per heavy atom. The van der Waals surface area contributed by atoms with Crippen molar-refractivity contribution >= 4 is 0 Å². The predicted octanol–water partition coefficient (Wildman–Crippen LogP) is 9.81. The Labute approximate surface area is 173 Å². The van der Waals surface area contributed by atoms with Crippen molar-refractivity contribution in [2.24, 2.45) is 29.1 Å². The van der Waals surface area contributed by atoms with Crippen LogP contribution in [-0.4, -0.2) is 0 Å².